The van der Waals surface area contributed by atoms with Gasteiger partial charge in [-0.05, 0) is 20.3 Å². The van der Waals surface area contributed by atoms with Crippen LogP contribution in [0.15, 0.2) is 0 Å². The predicted molar refractivity (Wildman–Crippen MR) is 80.0 cm³/mol. The fraction of sp³-hybridized carbons (Fsp3) is 0.786. The monoisotopic (exact) mass is 355 g/mol. The van der Waals surface area contributed by atoms with Crippen LogP contribution in [0.5, 0.6) is 0 Å². The zero-order chi connectivity index (χ0) is 19.2. The number of hydrogen-bond donors (Lipinski definition) is 2. The summed E-state index contributed by atoms with van der Waals surface area (Å²) < 4.78 is 31.7. The van der Waals surface area contributed by atoms with Gasteiger partial charge in [-0.3, -0.25) is 9.59 Å². The fourth-order valence-electron chi connectivity index (χ4n) is 2.53. The third-order valence-corrected chi connectivity index (χ3v) is 3.59. The van der Waals surface area contributed by atoms with Crippen molar-refractivity contribution in [2.24, 2.45) is 5.73 Å². The summed E-state index contributed by atoms with van der Waals surface area (Å²) in [6.45, 7) is 8.57. The molecule has 0 aliphatic carbocycles. The molecule has 3 N–H and O–H groups in total. The number of alkyl halides is 3. The van der Waals surface area contributed by atoms with E-state index in [-0.39, 0.29) is 23.9 Å². The summed E-state index contributed by atoms with van der Waals surface area (Å²) in [6.07, 6.45) is -4.44. The standard InChI is InChI=1S/C12H23N3O2.C2HF3O2/c1-5-11(13)12(17)14-6-8(2)15(10(4)16)9(3)7-14;3-2(4,5)1(6)7/h8-9,11H,5-7,13H2,1-4H3;(H,6,7)/t8-,9+,11-;/m0./s1. The van der Waals surface area contributed by atoms with Crippen molar-refractivity contribution in [3.8, 4) is 0 Å². The molecule has 1 heterocycles. The highest BCUT2D eigenvalue weighted by Crippen LogP contribution is 2.16. The minimum Gasteiger partial charge on any atom is -0.475 e. The molecule has 1 rings (SSSR count). The predicted octanol–water partition coefficient (Wildman–Crippen LogP) is 0.825. The van der Waals surface area contributed by atoms with Crippen LogP contribution in [-0.4, -0.2) is 70.1 Å². The summed E-state index contributed by atoms with van der Waals surface area (Å²) >= 11 is 0. The van der Waals surface area contributed by atoms with Gasteiger partial charge in [-0.25, -0.2) is 4.79 Å². The molecule has 1 aliphatic rings. The Labute approximate surface area is 138 Å². The molecule has 2 amide bonds. The minimum absolute atomic E-state index is 0.00518. The molecule has 0 bridgehead atoms. The number of aliphatic carboxylic acids is 1. The van der Waals surface area contributed by atoms with Crippen molar-refractivity contribution < 1.29 is 32.7 Å². The zero-order valence-corrected chi connectivity index (χ0v) is 14.1. The van der Waals surface area contributed by atoms with Gasteiger partial charge < -0.3 is 20.6 Å². The highest BCUT2D eigenvalue weighted by Gasteiger charge is 2.38. The Morgan fingerprint density at radius 2 is 1.58 bits per heavy atom. The first kappa shape index (κ1) is 22.2. The highest BCUT2D eigenvalue weighted by molar-refractivity contribution is 5.82. The van der Waals surface area contributed by atoms with Crippen molar-refractivity contribution in [2.45, 2.75) is 58.4 Å². The van der Waals surface area contributed by atoms with Gasteiger partial charge in [0.05, 0.1) is 6.04 Å². The Kier molecular flexibility index (Phi) is 8.18. The minimum atomic E-state index is -5.08. The number of amides is 2. The number of carbonyl (C=O) groups is 3. The number of piperazine rings is 1. The zero-order valence-electron chi connectivity index (χ0n) is 14.1. The normalized spacial score (nSPS) is 22.3. The molecule has 3 atom stereocenters. The van der Waals surface area contributed by atoms with Crippen molar-refractivity contribution in [2.75, 3.05) is 13.1 Å². The van der Waals surface area contributed by atoms with Gasteiger partial charge in [-0.2, -0.15) is 13.2 Å². The van der Waals surface area contributed by atoms with Gasteiger partial charge in [-0.15, -0.1) is 0 Å². The van der Waals surface area contributed by atoms with Gasteiger partial charge in [0.2, 0.25) is 11.8 Å². The number of carboxylic acids is 1. The first-order valence-corrected chi connectivity index (χ1v) is 7.46. The summed E-state index contributed by atoms with van der Waals surface area (Å²) in [7, 11) is 0. The van der Waals surface area contributed by atoms with E-state index < -0.39 is 18.2 Å². The smallest absolute Gasteiger partial charge is 0.475 e. The molecule has 0 aromatic carbocycles. The Morgan fingerprint density at radius 1 is 1.21 bits per heavy atom. The second kappa shape index (κ2) is 8.86. The largest absolute Gasteiger partial charge is 0.490 e. The van der Waals surface area contributed by atoms with E-state index in [1.807, 2.05) is 25.7 Å². The molecule has 0 radical (unpaired) electrons. The van der Waals surface area contributed by atoms with Crippen molar-refractivity contribution in [1.29, 1.82) is 0 Å². The van der Waals surface area contributed by atoms with Gasteiger partial charge in [0, 0.05) is 32.1 Å². The summed E-state index contributed by atoms with van der Waals surface area (Å²) in [5, 5.41) is 7.12. The summed E-state index contributed by atoms with van der Waals surface area (Å²) in [5.41, 5.74) is 5.76. The van der Waals surface area contributed by atoms with Crippen LogP contribution in [0, 0.1) is 0 Å². The molecule has 0 saturated carbocycles. The lowest BCUT2D eigenvalue weighted by Gasteiger charge is -2.44. The Morgan fingerprint density at radius 3 is 1.83 bits per heavy atom. The van der Waals surface area contributed by atoms with Crippen LogP contribution in [0.2, 0.25) is 0 Å². The average molecular weight is 355 g/mol. The van der Waals surface area contributed by atoms with Crippen LogP contribution in [0.4, 0.5) is 13.2 Å². The van der Waals surface area contributed by atoms with Gasteiger partial charge >= 0.3 is 12.1 Å². The number of halogens is 3. The first-order chi connectivity index (χ1) is 10.8. The van der Waals surface area contributed by atoms with E-state index >= 15 is 0 Å². The van der Waals surface area contributed by atoms with Gasteiger partial charge in [0.25, 0.3) is 0 Å². The van der Waals surface area contributed by atoms with E-state index in [0.717, 1.165) is 0 Å². The topological polar surface area (TPSA) is 104 Å². The van der Waals surface area contributed by atoms with Crippen molar-refractivity contribution in [3.05, 3.63) is 0 Å². The average Bonchev–Trinajstić information content (AvgIpc) is 2.43. The van der Waals surface area contributed by atoms with Crippen molar-refractivity contribution >= 4 is 17.8 Å². The Hall–Kier alpha value is -1.84. The van der Waals surface area contributed by atoms with Gasteiger partial charge in [0.15, 0.2) is 0 Å². The molecule has 140 valence electrons. The maximum atomic E-state index is 12.0. The van der Waals surface area contributed by atoms with E-state index in [9.17, 15) is 22.8 Å². The van der Waals surface area contributed by atoms with Gasteiger partial charge in [-0.1, -0.05) is 6.92 Å². The molecule has 0 unspecified atom stereocenters. The quantitative estimate of drug-likeness (QED) is 0.763. The van der Waals surface area contributed by atoms with E-state index in [1.54, 1.807) is 11.8 Å². The molecule has 0 spiro atoms. The lowest BCUT2D eigenvalue weighted by Crippen LogP contribution is -2.61. The van der Waals surface area contributed by atoms with Gasteiger partial charge in [0.1, 0.15) is 0 Å². The van der Waals surface area contributed by atoms with Crippen LogP contribution in [-0.2, 0) is 14.4 Å². The Balaban J connectivity index is 0.000000640. The summed E-state index contributed by atoms with van der Waals surface area (Å²) in [6, 6.07) is -0.299. The lowest BCUT2D eigenvalue weighted by molar-refractivity contribution is -0.192. The maximum absolute atomic E-state index is 12.0. The van der Waals surface area contributed by atoms with Crippen LogP contribution in [0.3, 0.4) is 0 Å². The third kappa shape index (κ3) is 6.34. The number of hydrogen-bond acceptors (Lipinski definition) is 4. The van der Waals surface area contributed by atoms with E-state index in [0.29, 0.717) is 19.5 Å². The summed E-state index contributed by atoms with van der Waals surface area (Å²) in [4.78, 5) is 36.0. The Bertz CT molecular complexity index is 459. The molecule has 10 heteroatoms. The fourth-order valence-corrected chi connectivity index (χ4v) is 2.53. The van der Waals surface area contributed by atoms with Crippen LogP contribution >= 0.6 is 0 Å². The van der Waals surface area contributed by atoms with E-state index in [2.05, 4.69) is 0 Å². The van der Waals surface area contributed by atoms with Crippen LogP contribution in [0.1, 0.15) is 34.1 Å². The second-order valence-electron chi connectivity index (χ2n) is 5.69. The molecule has 0 aromatic rings. The molecule has 7 nitrogen and oxygen atoms in total. The number of rotatable bonds is 2. The molecule has 1 fully saturated rings. The highest BCUT2D eigenvalue weighted by atomic mass is 19.4. The molecular formula is C14H24F3N3O4. The maximum Gasteiger partial charge on any atom is 0.490 e. The number of carbonyl (C=O) groups excluding carboxylic acids is 2. The molecule has 1 saturated heterocycles. The SMILES string of the molecule is CC[C@H](N)C(=O)N1C[C@@H](C)N(C(C)=O)[C@@H](C)C1.O=C(O)C(F)(F)F. The van der Waals surface area contributed by atoms with E-state index in [1.165, 1.54) is 0 Å². The number of nitrogens with two attached hydrogens (primary N) is 1. The first-order valence-electron chi connectivity index (χ1n) is 7.46. The van der Waals surface area contributed by atoms with Crippen LogP contribution in [0.25, 0.3) is 0 Å². The number of nitrogens with zero attached hydrogens (tertiary/aromatic N) is 2. The summed E-state index contributed by atoms with van der Waals surface area (Å²) in [5.74, 6) is -2.70. The molecular weight excluding hydrogens is 331 g/mol. The van der Waals surface area contributed by atoms with Crippen molar-refractivity contribution in [1.82, 2.24) is 9.80 Å². The molecule has 0 aromatic heterocycles. The van der Waals surface area contributed by atoms with Crippen molar-refractivity contribution in [3.63, 3.8) is 0 Å². The van der Waals surface area contributed by atoms with Crippen LogP contribution < -0.4 is 5.73 Å². The molecule has 24 heavy (non-hydrogen) atoms. The van der Waals surface area contributed by atoms with E-state index in [4.69, 9.17) is 15.6 Å². The number of carboxylic acid groups (broad SMARTS) is 1. The second-order valence-corrected chi connectivity index (χ2v) is 5.69. The third-order valence-electron chi connectivity index (χ3n) is 3.59. The lowest BCUT2D eigenvalue weighted by atomic mass is 10.1. The molecule has 1 aliphatic heterocycles.